The van der Waals surface area contributed by atoms with Gasteiger partial charge >= 0.3 is 0 Å². The Bertz CT molecular complexity index is 1460. The number of aliphatic hydroxyl groups is 2. The normalized spacial score (nSPS) is 31.8. The molecule has 1 fully saturated rings. The summed E-state index contributed by atoms with van der Waals surface area (Å²) in [7, 11) is -2.96. The quantitative estimate of drug-likeness (QED) is 0.239. The van der Waals surface area contributed by atoms with Crippen molar-refractivity contribution in [3.63, 3.8) is 0 Å². The third-order valence-corrected chi connectivity index (χ3v) is 7.69. The van der Waals surface area contributed by atoms with E-state index in [9.17, 15) is 34.8 Å². The Balaban J connectivity index is 1.68. The zero-order valence-electron chi connectivity index (χ0n) is 23.6. The molecule has 0 bridgehead atoms. The lowest BCUT2D eigenvalue weighted by Crippen LogP contribution is -2.52. The van der Waals surface area contributed by atoms with E-state index in [0.29, 0.717) is 0 Å². The fourth-order valence-corrected chi connectivity index (χ4v) is 5.57. The van der Waals surface area contributed by atoms with Crippen molar-refractivity contribution < 1.29 is 53.1 Å². The molecule has 0 aromatic heterocycles. The number of ether oxygens (including phenoxy) is 3. The first-order valence-corrected chi connectivity index (χ1v) is 12.0. The third-order valence-electron chi connectivity index (χ3n) is 7.69. The van der Waals surface area contributed by atoms with Crippen LogP contribution in [0.2, 0.25) is 0 Å². The van der Waals surface area contributed by atoms with Gasteiger partial charge in [-0.25, -0.2) is 0 Å². The van der Waals surface area contributed by atoms with Gasteiger partial charge in [0.1, 0.15) is 22.8 Å². The van der Waals surface area contributed by atoms with Crippen molar-refractivity contribution >= 4 is 17.3 Å². The maximum Gasteiger partial charge on any atom is 0.202 e. The zero-order valence-corrected chi connectivity index (χ0v) is 20.6. The summed E-state index contributed by atoms with van der Waals surface area (Å²) in [4.78, 5) is 39.9. The van der Waals surface area contributed by atoms with E-state index in [-0.39, 0.29) is 23.1 Å². The van der Waals surface area contributed by atoms with Crippen LogP contribution in [-0.4, -0.2) is 75.0 Å². The summed E-state index contributed by atoms with van der Waals surface area (Å²) in [6, 6.07) is 3.00. The number of ketones is 3. The molecular formula is C27H29NO10. The number of hydrogen-bond donors (Lipinski definition) is 5. The number of aromatic hydroxyl groups is 2. The molecule has 11 nitrogen and oxygen atoms in total. The van der Waals surface area contributed by atoms with E-state index in [0.717, 1.165) is 6.92 Å². The number of aliphatic hydroxyl groups excluding tert-OH is 1. The first-order valence-electron chi connectivity index (χ1n) is 13.5. The number of phenols is 2. The molecule has 3 aliphatic rings. The molecule has 2 aromatic rings. The Kier molecular flexibility index (Phi) is 5.44. The predicted octanol–water partition coefficient (Wildman–Crippen LogP) is 1.03. The maximum absolute atomic E-state index is 13.8. The van der Waals surface area contributed by atoms with E-state index >= 15 is 0 Å². The summed E-state index contributed by atoms with van der Waals surface area (Å²) in [5.74, 6) is -4.46. The second-order valence-electron chi connectivity index (χ2n) is 10.0. The van der Waals surface area contributed by atoms with E-state index < -0.39 is 107 Å². The fourth-order valence-electron chi connectivity index (χ4n) is 5.57. The number of carbonyl (C=O) groups excluding carboxylic acids is 3. The summed E-state index contributed by atoms with van der Waals surface area (Å²) in [6.07, 6.45) is -5.01. The molecule has 1 aliphatic heterocycles. The number of hydrogen-bond acceptors (Lipinski definition) is 11. The van der Waals surface area contributed by atoms with Crippen LogP contribution in [0.25, 0.3) is 0 Å². The van der Waals surface area contributed by atoms with Gasteiger partial charge in [-0.3, -0.25) is 14.4 Å². The van der Waals surface area contributed by atoms with Crippen molar-refractivity contribution in [2.45, 2.75) is 69.4 Å². The summed E-state index contributed by atoms with van der Waals surface area (Å²) < 4.78 is 39.0. The molecule has 11 heteroatoms. The Morgan fingerprint density at radius 2 is 1.89 bits per heavy atom. The molecule has 2 aliphatic carbocycles. The lowest BCUT2D eigenvalue weighted by atomic mass is 9.72. The Hall–Kier alpha value is -3.35. The van der Waals surface area contributed by atoms with Gasteiger partial charge in [0.05, 0.1) is 46.2 Å². The highest BCUT2D eigenvalue weighted by atomic mass is 16.7. The minimum Gasteiger partial charge on any atom is -0.507 e. The van der Waals surface area contributed by atoms with Crippen LogP contribution in [0.4, 0.5) is 0 Å². The van der Waals surface area contributed by atoms with Crippen molar-refractivity contribution in [2.75, 3.05) is 7.04 Å². The average molecular weight is 532 g/mol. The molecule has 0 radical (unpaired) electrons. The van der Waals surface area contributed by atoms with Gasteiger partial charge in [0.15, 0.2) is 17.9 Å². The molecule has 0 spiro atoms. The SMILES string of the molecule is [2H][13C]([2H])([2H])Oc1cccc2c1C(=O)c1c(O)c3c(c(O)c1C2=O)C[C@](O)(C(C)=O)C[C@H]3OC1CC(N)C(O)C(C)O1. The van der Waals surface area contributed by atoms with Gasteiger partial charge in [-0.2, -0.15) is 0 Å². The van der Waals surface area contributed by atoms with Crippen molar-refractivity contribution in [1.82, 2.24) is 0 Å². The number of methoxy groups -OCH3 is 1. The monoisotopic (exact) mass is 531 g/mol. The fraction of sp³-hybridized carbons (Fsp3) is 0.444. The summed E-state index contributed by atoms with van der Waals surface area (Å²) >= 11 is 0. The number of phenolic OH excluding ortho intramolecular Hbond substituents is 2. The molecule has 202 valence electrons. The summed E-state index contributed by atoms with van der Waals surface area (Å²) in [5.41, 5.74) is 1.76. The van der Waals surface area contributed by atoms with Gasteiger partial charge in [0.25, 0.3) is 0 Å². The van der Waals surface area contributed by atoms with Crippen LogP contribution in [0.5, 0.6) is 17.2 Å². The molecule has 1 heterocycles. The van der Waals surface area contributed by atoms with Gasteiger partial charge in [-0.1, -0.05) is 12.1 Å². The van der Waals surface area contributed by atoms with Crippen LogP contribution >= 0.6 is 0 Å². The maximum atomic E-state index is 13.8. The highest BCUT2D eigenvalue weighted by Gasteiger charge is 2.49. The minimum absolute atomic E-state index is 0.00807. The van der Waals surface area contributed by atoms with Crippen LogP contribution in [0.1, 0.15) is 79.9 Å². The van der Waals surface area contributed by atoms with E-state index in [1.165, 1.54) is 18.2 Å². The number of fused-ring (bicyclic) bond motifs is 3. The Morgan fingerprint density at radius 1 is 1.18 bits per heavy atom. The molecule has 0 saturated carbocycles. The molecule has 2 aromatic carbocycles. The number of benzene rings is 2. The molecule has 1 saturated heterocycles. The summed E-state index contributed by atoms with van der Waals surface area (Å²) in [5, 5.41) is 44.2. The predicted molar refractivity (Wildman–Crippen MR) is 130 cm³/mol. The van der Waals surface area contributed by atoms with Gasteiger partial charge < -0.3 is 40.4 Å². The number of nitrogens with two attached hydrogens (primary N) is 1. The van der Waals surface area contributed by atoms with Crippen LogP contribution in [-0.2, 0) is 20.7 Å². The zero-order chi connectivity index (χ0) is 30.2. The highest BCUT2D eigenvalue weighted by molar-refractivity contribution is 6.31. The van der Waals surface area contributed by atoms with Crippen LogP contribution in [0.3, 0.4) is 0 Å². The molecule has 5 rings (SSSR count). The molecule has 38 heavy (non-hydrogen) atoms. The van der Waals surface area contributed by atoms with Crippen molar-refractivity contribution in [2.24, 2.45) is 5.73 Å². The largest absolute Gasteiger partial charge is 0.507 e. The van der Waals surface area contributed by atoms with Crippen molar-refractivity contribution in [3.05, 3.63) is 51.6 Å². The Labute approximate surface area is 222 Å². The minimum atomic E-state index is -2.96. The molecular weight excluding hydrogens is 499 g/mol. The van der Waals surface area contributed by atoms with Crippen LogP contribution in [0, 0.1) is 0 Å². The van der Waals surface area contributed by atoms with Crippen LogP contribution < -0.4 is 10.5 Å². The topological polar surface area (TPSA) is 186 Å². The second-order valence-corrected chi connectivity index (χ2v) is 10.0. The second kappa shape index (κ2) is 9.14. The first-order chi connectivity index (χ1) is 19.0. The van der Waals surface area contributed by atoms with E-state index in [4.69, 9.17) is 24.1 Å². The third kappa shape index (κ3) is 3.81. The van der Waals surface area contributed by atoms with E-state index in [1.54, 1.807) is 6.92 Å². The summed E-state index contributed by atoms with van der Waals surface area (Å²) in [6.45, 7) is 2.71. The van der Waals surface area contributed by atoms with E-state index in [2.05, 4.69) is 0 Å². The van der Waals surface area contributed by atoms with Gasteiger partial charge in [0.2, 0.25) is 5.78 Å². The van der Waals surface area contributed by atoms with Gasteiger partial charge in [0, 0.05) is 42.0 Å². The molecule has 6 atom stereocenters. The van der Waals surface area contributed by atoms with Gasteiger partial charge in [-0.05, 0) is 19.9 Å². The highest BCUT2D eigenvalue weighted by Crippen LogP contribution is 2.52. The molecule has 4 unspecified atom stereocenters. The van der Waals surface area contributed by atoms with Crippen molar-refractivity contribution in [3.8, 4) is 17.2 Å². The standard InChI is InChI=1S/C27H29NO10/c1-10-22(30)14(28)7-17(37-10)38-16-9-27(35,11(2)29)8-13-19(16)26(34)21-20(24(13)32)23(31)12-5-4-6-15(36-3)18(12)25(21)33/h4-6,10,14,16-17,22,30,32,34-35H,7-9,28H2,1-3H3/t10?,14?,16-,17?,22?,27-/m1/s1/i3+1D3. The Morgan fingerprint density at radius 3 is 2.55 bits per heavy atom. The number of carbonyl (C=O) groups is 3. The smallest absolute Gasteiger partial charge is 0.202 e. The lowest BCUT2D eigenvalue weighted by molar-refractivity contribution is -0.247. The molecule has 6 N–H and O–H groups in total. The number of rotatable bonds is 4. The molecule has 0 amide bonds. The van der Waals surface area contributed by atoms with E-state index in [1.807, 2.05) is 0 Å². The lowest BCUT2D eigenvalue weighted by Gasteiger charge is -2.42. The number of Topliss-reactive ketones (excluding diaryl/α,β-unsaturated/α-hetero) is 1. The van der Waals surface area contributed by atoms with Crippen LogP contribution in [0.15, 0.2) is 18.2 Å². The average Bonchev–Trinajstić information content (AvgIpc) is 2.86. The first kappa shape index (κ1) is 22.6. The van der Waals surface area contributed by atoms with Crippen molar-refractivity contribution in [1.29, 1.82) is 0 Å². The van der Waals surface area contributed by atoms with Gasteiger partial charge in [-0.15, -0.1) is 0 Å².